The van der Waals surface area contributed by atoms with Gasteiger partial charge in [-0.2, -0.15) is 0 Å². The Hall–Kier alpha value is -1.69. The average Bonchev–Trinajstić information content (AvgIpc) is 3.56. The maximum Gasteiger partial charge on any atom is 0.222 e. The van der Waals surface area contributed by atoms with Crippen LogP contribution in [0.4, 0.5) is 5.82 Å². The molecule has 6 heteroatoms. The minimum atomic E-state index is 0.375. The van der Waals surface area contributed by atoms with Gasteiger partial charge in [0.05, 0.1) is 5.39 Å². The molecule has 0 radical (unpaired) electrons. The van der Waals surface area contributed by atoms with Crippen LogP contribution in [0.25, 0.3) is 10.2 Å². The molecule has 0 spiro atoms. The van der Waals surface area contributed by atoms with Crippen molar-refractivity contribution in [1.82, 2.24) is 14.9 Å². The predicted octanol–water partition coefficient (Wildman–Crippen LogP) is 4.68. The number of anilines is 1. The van der Waals surface area contributed by atoms with E-state index in [1.165, 1.54) is 73.8 Å². The summed E-state index contributed by atoms with van der Waals surface area (Å²) in [4.78, 5) is 29.9. The number of hydrogen-bond acceptors (Lipinski definition) is 5. The van der Waals surface area contributed by atoms with Crippen LogP contribution in [0, 0.1) is 5.92 Å². The van der Waals surface area contributed by atoms with E-state index in [9.17, 15) is 4.79 Å². The predicted molar refractivity (Wildman–Crippen MR) is 121 cm³/mol. The molecule has 2 aromatic heterocycles. The molecule has 1 amide bonds. The summed E-state index contributed by atoms with van der Waals surface area (Å²) in [7, 11) is 0. The Kier molecular flexibility index (Phi) is 4.93. The third-order valence-electron chi connectivity index (χ3n) is 7.57. The van der Waals surface area contributed by atoms with Crippen molar-refractivity contribution in [3.05, 3.63) is 16.3 Å². The number of likely N-dealkylation sites (tertiary alicyclic amines) is 1. The van der Waals surface area contributed by atoms with E-state index >= 15 is 0 Å². The fraction of sp³-hybridized carbons (Fsp3) is 0.708. The van der Waals surface area contributed by atoms with Crippen LogP contribution in [0.1, 0.15) is 80.0 Å². The van der Waals surface area contributed by atoms with Gasteiger partial charge in [0.25, 0.3) is 0 Å². The zero-order valence-corrected chi connectivity index (χ0v) is 18.7. The van der Waals surface area contributed by atoms with Crippen molar-refractivity contribution in [2.75, 3.05) is 31.1 Å². The molecule has 2 saturated heterocycles. The molecule has 3 fully saturated rings. The normalized spacial score (nSPS) is 23.3. The SMILES string of the molecule is O=C1CCCCN1CC1CCN(c2nc(C3CC3)nc3sc4c(c23)CCCC4)CC1. The topological polar surface area (TPSA) is 49.3 Å². The van der Waals surface area contributed by atoms with E-state index in [1.54, 1.807) is 10.4 Å². The van der Waals surface area contributed by atoms with Gasteiger partial charge in [0, 0.05) is 43.4 Å². The Morgan fingerprint density at radius 2 is 1.70 bits per heavy atom. The Morgan fingerprint density at radius 3 is 2.50 bits per heavy atom. The molecule has 0 N–H and O–H groups in total. The monoisotopic (exact) mass is 424 g/mol. The first-order valence-electron chi connectivity index (χ1n) is 12.1. The van der Waals surface area contributed by atoms with Gasteiger partial charge in [-0.15, -0.1) is 11.3 Å². The number of aromatic nitrogens is 2. The van der Waals surface area contributed by atoms with E-state index in [0.717, 1.165) is 44.8 Å². The molecule has 4 heterocycles. The van der Waals surface area contributed by atoms with Crippen molar-refractivity contribution in [1.29, 1.82) is 0 Å². The number of hydrogen-bond donors (Lipinski definition) is 0. The number of carbonyl (C=O) groups is 1. The quantitative estimate of drug-likeness (QED) is 0.715. The van der Waals surface area contributed by atoms with Crippen LogP contribution in [0.3, 0.4) is 0 Å². The lowest BCUT2D eigenvalue weighted by Gasteiger charge is -2.37. The number of aryl methyl sites for hydroxylation is 2. The van der Waals surface area contributed by atoms with E-state index in [2.05, 4.69) is 9.80 Å². The van der Waals surface area contributed by atoms with Gasteiger partial charge >= 0.3 is 0 Å². The third-order valence-corrected chi connectivity index (χ3v) is 8.76. The number of piperidine rings is 2. The molecule has 1 saturated carbocycles. The summed E-state index contributed by atoms with van der Waals surface area (Å²) in [5, 5.41) is 1.38. The summed E-state index contributed by atoms with van der Waals surface area (Å²) >= 11 is 1.94. The molecule has 2 aliphatic carbocycles. The molecule has 6 rings (SSSR count). The van der Waals surface area contributed by atoms with Crippen LogP contribution in [-0.2, 0) is 17.6 Å². The van der Waals surface area contributed by atoms with Gasteiger partial charge in [-0.1, -0.05) is 0 Å². The number of carbonyl (C=O) groups excluding carboxylic acids is 1. The van der Waals surface area contributed by atoms with Crippen LogP contribution in [0.2, 0.25) is 0 Å². The maximum atomic E-state index is 12.2. The highest BCUT2D eigenvalue weighted by Crippen LogP contribution is 2.44. The molecule has 4 aliphatic rings. The Labute approximate surface area is 182 Å². The number of thiophene rings is 1. The summed E-state index contributed by atoms with van der Waals surface area (Å²) in [6.45, 7) is 4.06. The Balaban J connectivity index is 1.25. The van der Waals surface area contributed by atoms with E-state index in [1.807, 2.05) is 11.3 Å². The van der Waals surface area contributed by atoms with Gasteiger partial charge in [0.15, 0.2) is 0 Å². The second kappa shape index (κ2) is 7.77. The number of amides is 1. The summed E-state index contributed by atoms with van der Waals surface area (Å²) in [6, 6.07) is 0. The van der Waals surface area contributed by atoms with Gasteiger partial charge in [-0.05, 0) is 75.7 Å². The minimum absolute atomic E-state index is 0.375. The summed E-state index contributed by atoms with van der Waals surface area (Å²) in [6.07, 6.45) is 12.9. The van der Waals surface area contributed by atoms with Crippen LogP contribution in [0.15, 0.2) is 0 Å². The molecular weight excluding hydrogens is 392 g/mol. The van der Waals surface area contributed by atoms with Gasteiger partial charge in [0.2, 0.25) is 5.91 Å². The average molecular weight is 425 g/mol. The second-order valence-electron chi connectivity index (χ2n) is 9.80. The van der Waals surface area contributed by atoms with Gasteiger partial charge in [-0.25, -0.2) is 9.97 Å². The lowest BCUT2D eigenvalue weighted by atomic mass is 9.94. The first-order valence-corrected chi connectivity index (χ1v) is 12.9. The molecule has 2 aliphatic heterocycles. The molecule has 30 heavy (non-hydrogen) atoms. The molecule has 0 aromatic carbocycles. The van der Waals surface area contributed by atoms with E-state index in [-0.39, 0.29) is 0 Å². The third kappa shape index (κ3) is 3.51. The highest BCUT2D eigenvalue weighted by Gasteiger charge is 2.32. The molecule has 2 aromatic rings. The lowest BCUT2D eigenvalue weighted by molar-refractivity contribution is -0.134. The molecule has 0 unspecified atom stereocenters. The fourth-order valence-electron chi connectivity index (χ4n) is 5.60. The largest absolute Gasteiger partial charge is 0.356 e. The van der Waals surface area contributed by atoms with Crippen molar-refractivity contribution in [3.63, 3.8) is 0 Å². The maximum absolute atomic E-state index is 12.2. The van der Waals surface area contributed by atoms with Crippen molar-refractivity contribution < 1.29 is 4.79 Å². The highest BCUT2D eigenvalue weighted by molar-refractivity contribution is 7.19. The van der Waals surface area contributed by atoms with Crippen LogP contribution >= 0.6 is 11.3 Å². The zero-order chi connectivity index (χ0) is 20.1. The first-order chi connectivity index (χ1) is 14.8. The Morgan fingerprint density at radius 1 is 0.900 bits per heavy atom. The van der Waals surface area contributed by atoms with E-state index in [4.69, 9.17) is 9.97 Å². The highest BCUT2D eigenvalue weighted by atomic mass is 32.1. The first kappa shape index (κ1) is 19.0. The molecule has 0 atom stereocenters. The summed E-state index contributed by atoms with van der Waals surface area (Å²) < 4.78 is 0. The smallest absolute Gasteiger partial charge is 0.222 e. The second-order valence-corrected chi connectivity index (χ2v) is 10.9. The molecular formula is C24H32N4OS. The molecule has 0 bridgehead atoms. The van der Waals surface area contributed by atoms with Crippen LogP contribution < -0.4 is 4.90 Å². The van der Waals surface area contributed by atoms with Gasteiger partial charge in [-0.3, -0.25) is 4.79 Å². The number of rotatable bonds is 4. The van der Waals surface area contributed by atoms with E-state index < -0.39 is 0 Å². The summed E-state index contributed by atoms with van der Waals surface area (Å²) in [5.41, 5.74) is 1.56. The fourth-order valence-corrected chi connectivity index (χ4v) is 6.86. The van der Waals surface area contributed by atoms with Crippen molar-refractivity contribution in [2.24, 2.45) is 5.92 Å². The molecule has 5 nitrogen and oxygen atoms in total. The Bertz CT molecular complexity index is 958. The van der Waals surface area contributed by atoms with Crippen molar-refractivity contribution >= 4 is 33.3 Å². The summed E-state index contributed by atoms with van der Waals surface area (Å²) in [5.74, 6) is 3.93. The van der Waals surface area contributed by atoms with Crippen LogP contribution in [0.5, 0.6) is 0 Å². The van der Waals surface area contributed by atoms with E-state index in [0.29, 0.717) is 17.7 Å². The van der Waals surface area contributed by atoms with Gasteiger partial charge in [0.1, 0.15) is 16.5 Å². The van der Waals surface area contributed by atoms with Gasteiger partial charge < -0.3 is 9.80 Å². The standard InChI is InChI=1S/C24H32N4OS/c29-20-7-3-4-12-28(20)15-16-10-13-27(14-11-16)23-21-18-5-1-2-6-19(18)30-24(21)26-22(25-23)17-8-9-17/h16-17H,1-15H2. The number of fused-ring (bicyclic) bond motifs is 3. The number of nitrogens with zero attached hydrogens (tertiary/aromatic N) is 4. The van der Waals surface area contributed by atoms with Crippen LogP contribution in [-0.4, -0.2) is 47.0 Å². The van der Waals surface area contributed by atoms with Crippen molar-refractivity contribution in [2.45, 2.75) is 76.5 Å². The molecule has 160 valence electrons. The minimum Gasteiger partial charge on any atom is -0.356 e. The zero-order valence-electron chi connectivity index (χ0n) is 17.9. The lowest BCUT2D eigenvalue weighted by Crippen LogP contribution is -2.43. The van der Waals surface area contributed by atoms with Crippen molar-refractivity contribution in [3.8, 4) is 0 Å².